The van der Waals surface area contributed by atoms with Gasteiger partial charge in [-0.1, -0.05) is 60.7 Å². The first-order chi connectivity index (χ1) is 16.5. The standard InChI is InChI=1S/C28H30F3NO2/c29-28(30,31)34-26-14-12-25(13-15-26)33-21-7-18-32-19-16-24(17-20-32)27(22-8-3-1-4-9-22)23-10-5-2-6-11-23/h1-6,8-15,24,27H,7,16-21H2. The van der Waals surface area contributed by atoms with Gasteiger partial charge in [0.25, 0.3) is 0 Å². The van der Waals surface area contributed by atoms with Crippen LogP contribution in [0.4, 0.5) is 13.2 Å². The van der Waals surface area contributed by atoms with E-state index in [1.807, 2.05) is 0 Å². The highest BCUT2D eigenvalue weighted by atomic mass is 19.4. The van der Waals surface area contributed by atoms with Crippen LogP contribution in [0.3, 0.4) is 0 Å². The van der Waals surface area contributed by atoms with E-state index in [-0.39, 0.29) is 5.75 Å². The maximum Gasteiger partial charge on any atom is 0.573 e. The second-order valence-corrected chi connectivity index (χ2v) is 8.70. The molecule has 0 unspecified atom stereocenters. The van der Waals surface area contributed by atoms with Crippen LogP contribution in [0.2, 0.25) is 0 Å². The zero-order chi connectivity index (χ0) is 23.8. The molecule has 3 aromatic rings. The molecule has 1 aliphatic heterocycles. The summed E-state index contributed by atoms with van der Waals surface area (Å²) in [5, 5.41) is 0. The first-order valence-electron chi connectivity index (χ1n) is 11.8. The molecule has 0 radical (unpaired) electrons. The summed E-state index contributed by atoms with van der Waals surface area (Å²) in [7, 11) is 0. The molecule has 0 atom stereocenters. The van der Waals surface area contributed by atoms with Gasteiger partial charge in [-0.05, 0) is 73.7 Å². The number of ether oxygens (including phenoxy) is 2. The van der Waals surface area contributed by atoms with Gasteiger partial charge in [0.05, 0.1) is 6.61 Å². The van der Waals surface area contributed by atoms with Gasteiger partial charge in [-0.2, -0.15) is 0 Å². The number of likely N-dealkylation sites (tertiary alicyclic amines) is 1. The monoisotopic (exact) mass is 469 g/mol. The minimum absolute atomic E-state index is 0.243. The number of hydrogen-bond donors (Lipinski definition) is 0. The molecule has 1 heterocycles. The van der Waals surface area contributed by atoms with Crippen molar-refractivity contribution in [3.8, 4) is 11.5 Å². The van der Waals surface area contributed by atoms with Crippen LogP contribution in [0.5, 0.6) is 11.5 Å². The van der Waals surface area contributed by atoms with Gasteiger partial charge in [0, 0.05) is 12.5 Å². The van der Waals surface area contributed by atoms with Crippen LogP contribution in [0.1, 0.15) is 36.3 Å². The normalized spacial score (nSPS) is 15.4. The van der Waals surface area contributed by atoms with Gasteiger partial charge in [-0.3, -0.25) is 0 Å². The second kappa shape index (κ2) is 11.4. The minimum atomic E-state index is -4.68. The lowest BCUT2D eigenvalue weighted by molar-refractivity contribution is -0.274. The molecule has 1 saturated heterocycles. The molecule has 4 rings (SSSR count). The van der Waals surface area contributed by atoms with E-state index in [2.05, 4.69) is 70.3 Å². The van der Waals surface area contributed by atoms with E-state index in [1.54, 1.807) is 0 Å². The molecule has 0 spiro atoms. The molecule has 0 amide bonds. The van der Waals surface area contributed by atoms with E-state index in [1.165, 1.54) is 35.4 Å². The molecule has 180 valence electrons. The smallest absolute Gasteiger partial charge is 0.494 e. The van der Waals surface area contributed by atoms with E-state index >= 15 is 0 Å². The van der Waals surface area contributed by atoms with Gasteiger partial charge < -0.3 is 14.4 Å². The molecule has 34 heavy (non-hydrogen) atoms. The SMILES string of the molecule is FC(F)(F)Oc1ccc(OCCCN2CCC(C(c3ccccc3)c3ccccc3)CC2)cc1. The third kappa shape index (κ3) is 7.00. The quantitative estimate of drug-likeness (QED) is 0.318. The van der Waals surface area contributed by atoms with E-state index in [0.717, 1.165) is 38.9 Å². The van der Waals surface area contributed by atoms with E-state index < -0.39 is 6.36 Å². The third-order valence-corrected chi connectivity index (χ3v) is 6.37. The van der Waals surface area contributed by atoms with Crippen LogP contribution in [0, 0.1) is 5.92 Å². The van der Waals surface area contributed by atoms with Crippen LogP contribution in [-0.4, -0.2) is 37.5 Å². The van der Waals surface area contributed by atoms with Crippen LogP contribution in [0.15, 0.2) is 84.9 Å². The van der Waals surface area contributed by atoms with Crippen LogP contribution < -0.4 is 9.47 Å². The Balaban J connectivity index is 1.23. The molecule has 0 aliphatic carbocycles. The zero-order valence-corrected chi connectivity index (χ0v) is 19.1. The van der Waals surface area contributed by atoms with Crippen molar-refractivity contribution < 1.29 is 22.6 Å². The first kappa shape index (κ1) is 24.1. The largest absolute Gasteiger partial charge is 0.573 e. The Hall–Kier alpha value is -2.99. The number of nitrogens with zero attached hydrogens (tertiary/aromatic N) is 1. The summed E-state index contributed by atoms with van der Waals surface area (Å²) in [4.78, 5) is 2.48. The summed E-state index contributed by atoms with van der Waals surface area (Å²) in [6, 6.07) is 27.1. The highest BCUT2D eigenvalue weighted by Gasteiger charge is 2.31. The maximum absolute atomic E-state index is 12.3. The van der Waals surface area contributed by atoms with Crippen molar-refractivity contribution >= 4 is 0 Å². The average molecular weight is 470 g/mol. The second-order valence-electron chi connectivity index (χ2n) is 8.70. The summed E-state index contributed by atoms with van der Waals surface area (Å²) in [6.07, 6.45) is -1.52. The van der Waals surface area contributed by atoms with Gasteiger partial charge in [0.2, 0.25) is 0 Å². The Morgan fingerprint density at radius 3 is 1.82 bits per heavy atom. The van der Waals surface area contributed by atoms with E-state index in [4.69, 9.17) is 4.74 Å². The molecule has 0 bridgehead atoms. The summed E-state index contributed by atoms with van der Waals surface area (Å²) < 4.78 is 46.3. The number of rotatable bonds is 9. The molecule has 0 saturated carbocycles. The lowest BCUT2D eigenvalue weighted by atomic mass is 9.76. The van der Waals surface area contributed by atoms with Gasteiger partial charge in [0.1, 0.15) is 11.5 Å². The number of halogens is 3. The molecule has 3 nitrogen and oxygen atoms in total. The van der Waals surface area contributed by atoms with Crippen molar-refractivity contribution in [3.05, 3.63) is 96.1 Å². The van der Waals surface area contributed by atoms with Crippen molar-refractivity contribution in [2.45, 2.75) is 31.5 Å². The van der Waals surface area contributed by atoms with E-state index in [9.17, 15) is 13.2 Å². The van der Waals surface area contributed by atoms with Crippen molar-refractivity contribution in [2.24, 2.45) is 5.92 Å². The fraction of sp³-hybridized carbons (Fsp3) is 0.357. The zero-order valence-electron chi connectivity index (χ0n) is 19.1. The van der Waals surface area contributed by atoms with Crippen molar-refractivity contribution in [1.82, 2.24) is 4.90 Å². The number of piperidine rings is 1. The Morgan fingerprint density at radius 2 is 1.29 bits per heavy atom. The summed E-state index contributed by atoms with van der Waals surface area (Å²) in [5.74, 6) is 1.32. The number of benzene rings is 3. The van der Waals surface area contributed by atoms with Crippen molar-refractivity contribution in [2.75, 3.05) is 26.2 Å². The lowest BCUT2D eigenvalue weighted by Crippen LogP contribution is -2.36. The molecule has 1 fully saturated rings. The van der Waals surface area contributed by atoms with Gasteiger partial charge in [0.15, 0.2) is 0 Å². The van der Waals surface area contributed by atoms with Crippen molar-refractivity contribution in [3.63, 3.8) is 0 Å². The molecule has 1 aliphatic rings. The summed E-state index contributed by atoms with van der Waals surface area (Å²) >= 11 is 0. The van der Waals surface area contributed by atoms with Gasteiger partial charge in [-0.15, -0.1) is 13.2 Å². The Kier molecular flexibility index (Phi) is 8.12. The topological polar surface area (TPSA) is 21.7 Å². The molecule has 6 heteroatoms. The third-order valence-electron chi connectivity index (χ3n) is 6.37. The maximum atomic E-state index is 12.3. The fourth-order valence-corrected chi connectivity index (χ4v) is 4.78. The van der Waals surface area contributed by atoms with Crippen molar-refractivity contribution in [1.29, 1.82) is 0 Å². The van der Waals surface area contributed by atoms with Crippen LogP contribution in [0.25, 0.3) is 0 Å². The Morgan fingerprint density at radius 1 is 0.765 bits per heavy atom. The number of hydrogen-bond acceptors (Lipinski definition) is 3. The lowest BCUT2D eigenvalue weighted by Gasteiger charge is -2.36. The highest BCUT2D eigenvalue weighted by Crippen LogP contribution is 2.38. The summed E-state index contributed by atoms with van der Waals surface area (Å²) in [6.45, 7) is 3.59. The predicted octanol–water partition coefficient (Wildman–Crippen LogP) is 6.90. The molecule has 0 aromatic heterocycles. The molecular formula is C28H30F3NO2. The molecule has 3 aromatic carbocycles. The average Bonchev–Trinajstić information content (AvgIpc) is 2.84. The Labute approximate surface area is 199 Å². The highest BCUT2D eigenvalue weighted by molar-refractivity contribution is 5.33. The molecular weight excluding hydrogens is 439 g/mol. The predicted molar refractivity (Wildman–Crippen MR) is 127 cm³/mol. The van der Waals surface area contributed by atoms with Gasteiger partial charge in [-0.25, -0.2) is 0 Å². The summed E-state index contributed by atoms with van der Waals surface area (Å²) in [5.41, 5.74) is 2.76. The van der Waals surface area contributed by atoms with Gasteiger partial charge >= 0.3 is 6.36 Å². The minimum Gasteiger partial charge on any atom is -0.494 e. The molecule has 0 N–H and O–H groups in total. The number of alkyl halides is 3. The Bertz CT molecular complexity index is 946. The first-order valence-corrected chi connectivity index (χ1v) is 11.8. The van der Waals surface area contributed by atoms with E-state index in [0.29, 0.717) is 24.2 Å². The fourth-order valence-electron chi connectivity index (χ4n) is 4.78. The van der Waals surface area contributed by atoms with Crippen LogP contribution >= 0.6 is 0 Å². The van der Waals surface area contributed by atoms with Crippen LogP contribution in [-0.2, 0) is 0 Å².